The second-order valence-electron chi connectivity index (χ2n) is 6.95. The van der Waals surface area contributed by atoms with Gasteiger partial charge in [0, 0.05) is 31.3 Å². The predicted octanol–water partition coefficient (Wildman–Crippen LogP) is 3.56. The molecule has 0 radical (unpaired) electrons. The second-order valence-corrected chi connectivity index (χ2v) is 7.77. The third-order valence-electron chi connectivity index (χ3n) is 4.66. The number of hydrogen-bond donors (Lipinski definition) is 2. The SMILES string of the molecule is O=[N+]([O-])c1cc(/C=N/NC(=S)NCCCN2CCOCC2)ccc1Oc1ccccc1Cl. The molecule has 0 aliphatic carbocycles. The van der Waals surface area contributed by atoms with E-state index in [2.05, 4.69) is 20.7 Å². The van der Waals surface area contributed by atoms with Gasteiger partial charge in [-0.2, -0.15) is 5.10 Å². The van der Waals surface area contributed by atoms with Gasteiger partial charge in [0.2, 0.25) is 5.75 Å². The summed E-state index contributed by atoms with van der Waals surface area (Å²) in [6.07, 6.45) is 2.40. The summed E-state index contributed by atoms with van der Waals surface area (Å²) in [5, 5.41) is 19.4. The average Bonchev–Trinajstić information content (AvgIpc) is 2.79. The van der Waals surface area contributed by atoms with Crippen LogP contribution in [0, 0.1) is 10.1 Å². The Kier molecular flexibility index (Phi) is 9.17. The van der Waals surface area contributed by atoms with Gasteiger partial charge < -0.3 is 14.8 Å². The molecule has 0 bridgehead atoms. The van der Waals surface area contributed by atoms with Gasteiger partial charge in [0.15, 0.2) is 5.11 Å². The van der Waals surface area contributed by atoms with E-state index in [9.17, 15) is 10.1 Å². The molecule has 1 heterocycles. The number of nitro benzene ring substituents is 1. The molecule has 32 heavy (non-hydrogen) atoms. The molecule has 0 amide bonds. The average molecular weight is 478 g/mol. The monoisotopic (exact) mass is 477 g/mol. The highest BCUT2D eigenvalue weighted by atomic mass is 35.5. The van der Waals surface area contributed by atoms with Crippen LogP contribution in [0.5, 0.6) is 11.5 Å². The van der Waals surface area contributed by atoms with Gasteiger partial charge in [-0.05, 0) is 49.4 Å². The van der Waals surface area contributed by atoms with Crippen molar-refractivity contribution in [1.82, 2.24) is 15.6 Å². The van der Waals surface area contributed by atoms with E-state index in [-0.39, 0.29) is 11.4 Å². The molecule has 1 fully saturated rings. The van der Waals surface area contributed by atoms with E-state index >= 15 is 0 Å². The summed E-state index contributed by atoms with van der Waals surface area (Å²) in [4.78, 5) is 13.3. The van der Waals surface area contributed by atoms with Crippen LogP contribution < -0.4 is 15.5 Å². The van der Waals surface area contributed by atoms with E-state index in [0.717, 1.165) is 45.8 Å². The second kappa shape index (κ2) is 12.3. The molecule has 3 rings (SSSR count). The lowest BCUT2D eigenvalue weighted by Crippen LogP contribution is -2.39. The highest BCUT2D eigenvalue weighted by Crippen LogP contribution is 2.35. The predicted molar refractivity (Wildman–Crippen MR) is 128 cm³/mol. The van der Waals surface area contributed by atoms with Crippen LogP contribution in [-0.2, 0) is 4.74 Å². The quantitative estimate of drug-likeness (QED) is 0.186. The van der Waals surface area contributed by atoms with Crippen molar-refractivity contribution in [3.63, 3.8) is 0 Å². The molecule has 0 atom stereocenters. The number of hydrazone groups is 1. The molecule has 2 aromatic rings. The van der Waals surface area contributed by atoms with Crippen LogP contribution in [0.4, 0.5) is 5.69 Å². The van der Waals surface area contributed by atoms with Crippen molar-refractivity contribution >= 4 is 40.8 Å². The van der Waals surface area contributed by atoms with Crippen LogP contribution >= 0.6 is 23.8 Å². The van der Waals surface area contributed by atoms with Crippen LogP contribution in [0.1, 0.15) is 12.0 Å². The molecule has 0 unspecified atom stereocenters. The number of ether oxygens (including phenoxy) is 2. The normalized spacial score (nSPS) is 14.3. The first-order valence-electron chi connectivity index (χ1n) is 10.1. The minimum Gasteiger partial charge on any atom is -0.449 e. The number of nitrogens with one attached hydrogen (secondary N) is 2. The van der Waals surface area contributed by atoms with Gasteiger partial charge in [-0.25, -0.2) is 0 Å². The number of morpholine rings is 1. The van der Waals surface area contributed by atoms with Crippen molar-refractivity contribution in [3.8, 4) is 11.5 Å². The summed E-state index contributed by atoms with van der Waals surface area (Å²) in [7, 11) is 0. The Balaban J connectivity index is 1.49. The fourth-order valence-corrected chi connectivity index (χ4v) is 3.35. The molecular formula is C21H24ClN5O4S. The third-order valence-corrected chi connectivity index (χ3v) is 5.20. The number of hydrogen-bond acceptors (Lipinski definition) is 7. The van der Waals surface area contributed by atoms with Gasteiger partial charge in [0.05, 0.1) is 29.4 Å². The Hall–Kier alpha value is -2.79. The highest BCUT2D eigenvalue weighted by Gasteiger charge is 2.17. The standard InChI is InChI=1S/C21H24ClN5O4S/c22-17-4-1-2-5-19(17)31-20-7-6-16(14-18(20)27(28)29)15-24-25-21(32)23-8-3-9-26-10-12-30-13-11-26/h1-2,4-7,14-15H,3,8-13H2,(H2,23,25,32)/b24-15+. The van der Waals surface area contributed by atoms with E-state index in [0.29, 0.717) is 21.4 Å². The summed E-state index contributed by atoms with van der Waals surface area (Å²) in [5.41, 5.74) is 3.04. The Bertz CT molecular complexity index is 969. The molecule has 1 aliphatic heterocycles. The minimum absolute atomic E-state index is 0.0886. The molecule has 0 spiro atoms. The van der Waals surface area contributed by atoms with Crippen LogP contribution in [0.3, 0.4) is 0 Å². The van der Waals surface area contributed by atoms with Crippen molar-refractivity contribution in [2.45, 2.75) is 6.42 Å². The lowest BCUT2D eigenvalue weighted by atomic mass is 10.2. The Morgan fingerprint density at radius 3 is 2.81 bits per heavy atom. The lowest BCUT2D eigenvalue weighted by Gasteiger charge is -2.26. The summed E-state index contributed by atoms with van der Waals surface area (Å²) in [5.74, 6) is 0.427. The lowest BCUT2D eigenvalue weighted by molar-refractivity contribution is -0.385. The van der Waals surface area contributed by atoms with Crippen LogP contribution in [0.15, 0.2) is 47.6 Å². The molecule has 1 saturated heterocycles. The zero-order valence-corrected chi connectivity index (χ0v) is 18.9. The molecule has 2 aromatic carbocycles. The van der Waals surface area contributed by atoms with Crippen molar-refractivity contribution < 1.29 is 14.4 Å². The maximum Gasteiger partial charge on any atom is 0.312 e. The van der Waals surface area contributed by atoms with Crippen molar-refractivity contribution in [1.29, 1.82) is 0 Å². The summed E-state index contributed by atoms with van der Waals surface area (Å²) in [6, 6.07) is 11.3. The van der Waals surface area contributed by atoms with E-state index in [4.69, 9.17) is 33.3 Å². The molecule has 9 nitrogen and oxygen atoms in total. The van der Waals surface area contributed by atoms with Crippen molar-refractivity contribution in [2.75, 3.05) is 39.4 Å². The van der Waals surface area contributed by atoms with Gasteiger partial charge >= 0.3 is 5.69 Å². The fourth-order valence-electron chi connectivity index (χ4n) is 3.02. The first-order chi connectivity index (χ1) is 15.5. The zero-order valence-electron chi connectivity index (χ0n) is 17.3. The Labute approximate surface area is 196 Å². The van der Waals surface area contributed by atoms with Crippen LogP contribution in [-0.4, -0.2) is 60.5 Å². The smallest absolute Gasteiger partial charge is 0.312 e. The molecule has 1 aliphatic rings. The van der Waals surface area contributed by atoms with Crippen molar-refractivity contribution in [2.24, 2.45) is 5.10 Å². The zero-order chi connectivity index (χ0) is 22.8. The largest absolute Gasteiger partial charge is 0.449 e. The number of rotatable bonds is 9. The maximum absolute atomic E-state index is 11.5. The van der Waals surface area contributed by atoms with E-state index in [1.165, 1.54) is 18.3 Å². The van der Waals surface area contributed by atoms with Gasteiger partial charge in [0.25, 0.3) is 0 Å². The first-order valence-corrected chi connectivity index (χ1v) is 10.9. The molecule has 2 N–H and O–H groups in total. The number of nitrogens with zero attached hydrogens (tertiary/aromatic N) is 3. The molecular weight excluding hydrogens is 454 g/mol. The topological polar surface area (TPSA) is 101 Å². The van der Waals surface area contributed by atoms with Crippen molar-refractivity contribution in [3.05, 3.63) is 63.2 Å². The van der Waals surface area contributed by atoms with Gasteiger partial charge in [-0.15, -0.1) is 0 Å². The number of nitro groups is 1. The van der Waals surface area contributed by atoms with Gasteiger partial charge in [-0.1, -0.05) is 23.7 Å². The molecule has 170 valence electrons. The molecule has 0 saturated carbocycles. The van der Waals surface area contributed by atoms with E-state index in [1.807, 2.05) is 0 Å². The Morgan fingerprint density at radius 2 is 2.06 bits per heavy atom. The first kappa shape index (κ1) is 23.9. The highest BCUT2D eigenvalue weighted by molar-refractivity contribution is 7.80. The Morgan fingerprint density at radius 1 is 1.28 bits per heavy atom. The number of halogens is 1. The van der Waals surface area contributed by atoms with E-state index in [1.54, 1.807) is 30.3 Å². The number of para-hydroxylation sites is 1. The third kappa shape index (κ3) is 7.41. The minimum atomic E-state index is -0.516. The van der Waals surface area contributed by atoms with Gasteiger partial charge in [0.1, 0.15) is 5.75 Å². The van der Waals surface area contributed by atoms with Crippen LogP contribution in [0.25, 0.3) is 0 Å². The molecule has 11 heteroatoms. The van der Waals surface area contributed by atoms with E-state index < -0.39 is 4.92 Å². The summed E-state index contributed by atoms with van der Waals surface area (Å²) < 4.78 is 11.0. The number of benzene rings is 2. The maximum atomic E-state index is 11.5. The summed E-state index contributed by atoms with van der Waals surface area (Å²) in [6.45, 7) is 5.19. The van der Waals surface area contributed by atoms with Gasteiger partial charge in [-0.3, -0.25) is 20.4 Å². The number of thiocarbonyl (C=S) groups is 1. The fraction of sp³-hybridized carbons (Fsp3) is 0.333. The summed E-state index contributed by atoms with van der Waals surface area (Å²) >= 11 is 11.3. The molecule has 0 aromatic heterocycles. The van der Waals surface area contributed by atoms with Crippen LogP contribution in [0.2, 0.25) is 5.02 Å².